The molecule has 2 aromatic carbocycles. The highest BCUT2D eigenvalue weighted by molar-refractivity contribution is 5.68. The Kier molecular flexibility index (Phi) is 10.9. The van der Waals surface area contributed by atoms with Gasteiger partial charge in [-0.05, 0) is 52.7 Å². The van der Waals surface area contributed by atoms with Gasteiger partial charge in [0.25, 0.3) is 0 Å². The minimum Gasteiger partial charge on any atom is -0.444 e. The van der Waals surface area contributed by atoms with Crippen molar-refractivity contribution in [2.45, 2.75) is 77.2 Å². The Hall–Kier alpha value is -3.20. The van der Waals surface area contributed by atoms with Crippen molar-refractivity contribution in [3.05, 3.63) is 71.8 Å². The van der Waals surface area contributed by atoms with Crippen molar-refractivity contribution in [2.24, 2.45) is 0 Å². The Morgan fingerprint density at radius 2 is 1.00 bits per heavy atom. The van der Waals surface area contributed by atoms with Gasteiger partial charge in [-0.15, -0.1) is 0 Å². The van der Waals surface area contributed by atoms with Crippen LogP contribution in [0.25, 0.3) is 0 Å². The number of halogens is 2. The summed E-state index contributed by atoms with van der Waals surface area (Å²) in [6.45, 7) is 9.56. The zero-order valence-electron chi connectivity index (χ0n) is 22.3. The maximum atomic E-state index is 15.4. The minimum absolute atomic E-state index is 0.302. The third-order valence-corrected chi connectivity index (χ3v) is 4.94. The molecular formula is C28H38F2N2O5. The number of hydrogen-bond acceptors (Lipinski definition) is 5. The molecule has 0 spiro atoms. The number of alkyl halides is 2. The minimum atomic E-state index is -1.62. The van der Waals surface area contributed by atoms with Gasteiger partial charge in [0.1, 0.15) is 23.5 Å². The van der Waals surface area contributed by atoms with E-state index in [2.05, 4.69) is 10.6 Å². The molecule has 0 aromatic heterocycles. The van der Waals surface area contributed by atoms with Crippen molar-refractivity contribution in [3.8, 4) is 0 Å². The van der Waals surface area contributed by atoms with E-state index in [0.717, 1.165) is 0 Å². The van der Waals surface area contributed by atoms with Gasteiger partial charge in [0, 0.05) is 0 Å². The van der Waals surface area contributed by atoms with Crippen LogP contribution in [0.5, 0.6) is 0 Å². The predicted octanol–water partition coefficient (Wildman–Crippen LogP) is 6.21. The fourth-order valence-electron chi connectivity index (χ4n) is 3.38. The zero-order valence-corrected chi connectivity index (χ0v) is 22.3. The maximum Gasteiger partial charge on any atom is 0.408 e. The van der Waals surface area contributed by atoms with Crippen LogP contribution in [0.2, 0.25) is 0 Å². The van der Waals surface area contributed by atoms with Gasteiger partial charge in [-0.1, -0.05) is 60.7 Å². The third kappa shape index (κ3) is 11.2. The number of ether oxygens (including phenoxy) is 3. The number of alkyl carbamates (subject to hydrolysis) is 2. The van der Waals surface area contributed by atoms with Gasteiger partial charge in [0.2, 0.25) is 0 Å². The summed E-state index contributed by atoms with van der Waals surface area (Å²) in [5, 5.41) is 5.02. The first-order valence-electron chi connectivity index (χ1n) is 12.2. The predicted molar refractivity (Wildman–Crippen MR) is 138 cm³/mol. The van der Waals surface area contributed by atoms with Crippen molar-refractivity contribution in [3.63, 3.8) is 0 Å². The Morgan fingerprint density at radius 3 is 1.30 bits per heavy atom. The molecule has 0 saturated carbocycles. The van der Waals surface area contributed by atoms with Crippen LogP contribution >= 0.6 is 0 Å². The molecule has 0 radical (unpaired) electrons. The van der Waals surface area contributed by atoms with Crippen LogP contribution < -0.4 is 10.6 Å². The summed E-state index contributed by atoms with van der Waals surface area (Å²) < 4.78 is 47.1. The summed E-state index contributed by atoms with van der Waals surface area (Å²) in [5.41, 5.74) is -0.896. The molecule has 37 heavy (non-hydrogen) atoms. The average molecular weight is 521 g/mol. The topological polar surface area (TPSA) is 85.9 Å². The molecule has 0 heterocycles. The second-order valence-corrected chi connectivity index (χ2v) is 10.7. The molecule has 0 saturated heterocycles. The molecule has 9 heteroatoms. The second-order valence-electron chi connectivity index (χ2n) is 10.7. The van der Waals surface area contributed by atoms with Gasteiger partial charge in [0.05, 0.1) is 25.3 Å². The monoisotopic (exact) mass is 520 g/mol. The standard InChI is InChI=1S/C28H38F2N2O5/c1-27(2,3)36-25(33)31-21(23(29)19-13-9-7-10-14-19)17-35-18-22(32-26(34)37-28(4,5)6)24(30)20-15-11-8-12-16-20/h7-16,21-24H,17-18H2,1-6H3,(H,31,33)(H,32,34)/t21-,22-,23-,24-/m1/s1. The molecule has 0 aliphatic rings. The lowest BCUT2D eigenvalue weighted by Crippen LogP contribution is -2.46. The van der Waals surface area contributed by atoms with Crippen LogP contribution in [0.3, 0.4) is 0 Å². The van der Waals surface area contributed by atoms with Crippen molar-refractivity contribution in [2.75, 3.05) is 13.2 Å². The SMILES string of the molecule is CC(C)(C)OC(=O)N[C@H](COC[C@@H](NC(=O)OC(C)(C)C)[C@H](F)c1ccccc1)[C@H](F)c1ccccc1. The van der Waals surface area contributed by atoms with Gasteiger partial charge < -0.3 is 24.8 Å². The molecule has 0 fully saturated rings. The van der Waals surface area contributed by atoms with Gasteiger partial charge in [-0.2, -0.15) is 0 Å². The number of benzene rings is 2. The summed E-state index contributed by atoms with van der Waals surface area (Å²) in [7, 11) is 0. The van der Waals surface area contributed by atoms with Gasteiger partial charge >= 0.3 is 12.2 Å². The number of hydrogen-bond donors (Lipinski definition) is 2. The van der Waals surface area contributed by atoms with Crippen molar-refractivity contribution >= 4 is 12.2 Å². The lowest BCUT2D eigenvalue weighted by molar-refractivity contribution is 0.0211. The summed E-state index contributed by atoms with van der Waals surface area (Å²) in [4.78, 5) is 24.8. The lowest BCUT2D eigenvalue weighted by atomic mass is 10.0. The zero-order chi connectivity index (χ0) is 27.6. The van der Waals surface area contributed by atoms with Crippen LogP contribution in [0.4, 0.5) is 18.4 Å². The van der Waals surface area contributed by atoms with E-state index in [-0.39, 0.29) is 13.2 Å². The fraction of sp³-hybridized carbons (Fsp3) is 0.500. The smallest absolute Gasteiger partial charge is 0.408 e. The molecule has 204 valence electrons. The van der Waals surface area contributed by atoms with Crippen molar-refractivity contribution in [1.29, 1.82) is 0 Å². The highest BCUT2D eigenvalue weighted by Gasteiger charge is 2.30. The number of nitrogens with one attached hydrogen (secondary N) is 2. The normalized spacial score (nSPS) is 15.1. The number of rotatable bonds is 10. The van der Waals surface area contributed by atoms with E-state index in [9.17, 15) is 9.59 Å². The Bertz CT molecular complexity index is 898. The molecule has 0 unspecified atom stereocenters. The van der Waals surface area contributed by atoms with Gasteiger partial charge in [-0.25, -0.2) is 18.4 Å². The first-order chi connectivity index (χ1) is 17.2. The highest BCUT2D eigenvalue weighted by atomic mass is 19.1. The lowest BCUT2D eigenvalue weighted by Gasteiger charge is -2.28. The second kappa shape index (κ2) is 13.4. The quantitative estimate of drug-likeness (QED) is 0.389. The number of carbonyl (C=O) groups is 2. The molecule has 2 rings (SSSR count). The van der Waals surface area contributed by atoms with E-state index in [0.29, 0.717) is 11.1 Å². The average Bonchev–Trinajstić information content (AvgIpc) is 2.80. The largest absolute Gasteiger partial charge is 0.444 e. The first-order valence-corrected chi connectivity index (χ1v) is 12.2. The Morgan fingerprint density at radius 1 is 0.676 bits per heavy atom. The summed E-state index contributed by atoms with van der Waals surface area (Å²) in [6, 6.07) is 14.3. The highest BCUT2D eigenvalue weighted by Crippen LogP contribution is 2.24. The van der Waals surface area contributed by atoms with E-state index in [1.54, 1.807) is 102 Å². The molecule has 0 bridgehead atoms. The van der Waals surface area contributed by atoms with Crippen LogP contribution in [0.15, 0.2) is 60.7 Å². The van der Waals surface area contributed by atoms with Gasteiger partial charge in [0.15, 0.2) is 0 Å². The molecule has 0 aliphatic carbocycles. The number of carbonyl (C=O) groups excluding carboxylic acids is 2. The fourth-order valence-corrected chi connectivity index (χ4v) is 3.38. The van der Waals surface area contributed by atoms with E-state index in [4.69, 9.17) is 14.2 Å². The van der Waals surface area contributed by atoms with Crippen LogP contribution in [0, 0.1) is 0 Å². The molecule has 2 aromatic rings. The number of amides is 2. The van der Waals surface area contributed by atoms with Crippen molar-refractivity contribution in [1.82, 2.24) is 10.6 Å². The summed E-state index contributed by atoms with van der Waals surface area (Å²) >= 11 is 0. The molecule has 2 amide bonds. The van der Waals surface area contributed by atoms with Crippen LogP contribution in [-0.2, 0) is 14.2 Å². The Balaban J connectivity index is 2.15. The first kappa shape index (κ1) is 30.0. The van der Waals surface area contributed by atoms with Crippen LogP contribution in [0.1, 0.15) is 65.0 Å². The molecule has 2 N–H and O–H groups in total. The molecular weight excluding hydrogens is 482 g/mol. The Labute approximate surface area is 217 Å². The van der Waals surface area contributed by atoms with Crippen molar-refractivity contribution < 1.29 is 32.6 Å². The van der Waals surface area contributed by atoms with E-state index < -0.39 is 47.8 Å². The molecule has 0 aliphatic heterocycles. The van der Waals surface area contributed by atoms with E-state index in [1.807, 2.05) is 0 Å². The van der Waals surface area contributed by atoms with Gasteiger partial charge in [-0.3, -0.25) is 0 Å². The molecule has 7 nitrogen and oxygen atoms in total. The van der Waals surface area contributed by atoms with E-state index >= 15 is 8.78 Å². The maximum absolute atomic E-state index is 15.4. The van der Waals surface area contributed by atoms with E-state index in [1.165, 1.54) is 0 Å². The molecule has 4 atom stereocenters. The third-order valence-electron chi connectivity index (χ3n) is 4.94. The summed E-state index contributed by atoms with van der Waals surface area (Å²) in [6.07, 6.45) is -4.87. The summed E-state index contributed by atoms with van der Waals surface area (Å²) in [5.74, 6) is 0. The van der Waals surface area contributed by atoms with Crippen LogP contribution in [-0.4, -0.2) is 48.7 Å².